The average Bonchev–Trinajstić information content (AvgIpc) is 3.10. The van der Waals surface area contributed by atoms with Gasteiger partial charge in [-0.25, -0.2) is 4.98 Å². The number of aliphatic hydroxyl groups is 1. The average molecular weight is 381 g/mol. The number of aryl methyl sites for hydroxylation is 1. The van der Waals surface area contributed by atoms with Gasteiger partial charge in [-0.2, -0.15) is 13.2 Å². The number of rotatable bonds is 3. The van der Waals surface area contributed by atoms with Gasteiger partial charge in [-0.3, -0.25) is 4.79 Å². The zero-order valence-electron chi connectivity index (χ0n) is 15.2. The lowest BCUT2D eigenvalue weighted by atomic mass is 9.94. The van der Waals surface area contributed by atoms with E-state index < -0.39 is 17.7 Å². The molecule has 1 unspecified atom stereocenters. The second-order valence-electron chi connectivity index (χ2n) is 7.13. The van der Waals surface area contributed by atoms with Crippen LogP contribution in [0.2, 0.25) is 0 Å². The summed E-state index contributed by atoms with van der Waals surface area (Å²) in [6, 6.07) is 7.97. The fraction of sp³-hybridized carbons (Fsp3) is 0.474. The van der Waals surface area contributed by atoms with Gasteiger partial charge in [0.2, 0.25) is 5.60 Å². The molecule has 27 heavy (non-hydrogen) atoms. The topological polar surface area (TPSA) is 58.4 Å². The summed E-state index contributed by atoms with van der Waals surface area (Å²) in [5.41, 5.74) is -1.25. The molecule has 0 bridgehead atoms. The molecule has 1 fully saturated rings. The molecule has 0 spiro atoms. The van der Waals surface area contributed by atoms with Crippen LogP contribution in [0.15, 0.2) is 36.7 Å². The third-order valence-electron chi connectivity index (χ3n) is 5.10. The first-order valence-electron chi connectivity index (χ1n) is 8.80. The Balaban J connectivity index is 1.71. The highest BCUT2D eigenvalue weighted by atomic mass is 19.4. The Morgan fingerprint density at radius 2 is 1.78 bits per heavy atom. The fourth-order valence-electron chi connectivity index (χ4n) is 3.31. The number of amides is 1. The largest absolute Gasteiger partial charge is 0.426 e. The number of imidazole rings is 1. The first-order chi connectivity index (χ1) is 12.6. The zero-order valence-corrected chi connectivity index (χ0v) is 15.2. The molecule has 1 aromatic carbocycles. The summed E-state index contributed by atoms with van der Waals surface area (Å²) in [5, 5.41) is 9.60. The number of piperidine rings is 1. The summed E-state index contributed by atoms with van der Waals surface area (Å²) >= 11 is 0. The van der Waals surface area contributed by atoms with Gasteiger partial charge in [-0.1, -0.05) is 17.7 Å². The van der Waals surface area contributed by atoms with Crippen molar-refractivity contribution < 1.29 is 23.1 Å². The Hall–Kier alpha value is -2.35. The third-order valence-corrected chi connectivity index (χ3v) is 5.10. The maximum atomic E-state index is 12.9. The molecule has 2 heterocycles. The standard InChI is InChI=1S/C19H22F3N3O2/c1-13-3-5-15(6-4-13)25-12-9-23-16(25)14-7-10-24(11-8-14)17(26)18(2,27)19(20,21)22/h3-6,9,12,14,27H,7-8,10-11H2,1-2H3. The molecule has 8 heteroatoms. The molecule has 1 aliphatic rings. The maximum absolute atomic E-state index is 12.9. The maximum Gasteiger partial charge on any atom is 0.426 e. The number of hydrogen-bond donors (Lipinski definition) is 1. The van der Waals surface area contributed by atoms with Crippen LogP contribution in [-0.4, -0.2) is 50.3 Å². The quantitative estimate of drug-likeness (QED) is 0.888. The Morgan fingerprint density at radius 3 is 2.33 bits per heavy atom. The molecular formula is C19H22F3N3O2. The first-order valence-corrected chi connectivity index (χ1v) is 8.80. The van der Waals surface area contributed by atoms with E-state index >= 15 is 0 Å². The van der Waals surface area contributed by atoms with Gasteiger partial charge in [-0.05, 0) is 38.8 Å². The van der Waals surface area contributed by atoms with E-state index in [-0.39, 0.29) is 19.0 Å². The van der Waals surface area contributed by atoms with Crippen LogP contribution in [0.3, 0.4) is 0 Å². The van der Waals surface area contributed by atoms with Gasteiger partial charge in [0, 0.05) is 37.1 Å². The van der Waals surface area contributed by atoms with E-state index in [1.165, 1.54) is 0 Å². The summed E-state index contributed by atoms with van der Waals surface area (Å²) < 4.78 is 40.7. The van der Waals surface area contributed by atoms with E-state index in [0.29, 0.717) is 19.8 Å². The lowest BCUT2D eigenvalue weighted by molar-refractivity contribution is -0.250. The van der Waals surface area contributed by atoms with Gasteiger partial charge in [0.1, 0.15) is 5.82 Å². The summed E-state index contributed by atoms with van der Waals surface area (Å²) in [5.74, 6) is -0.440. The van der Waals surface area contributed by atoms with Crippen LogP contribution in [0.1, 0.15) is 37.1 Å². The lowest BCUT2D eigenvalue weighted by Crippen LogP contribution is -2.57. The van der Waals surface area contributed by atoms with E-state index in [9.17, 15) is 23.1 Å². The van der Waals surface area contributed by atoms with E-state index in [1.807, 2.05) is 42.0 Å². The Morgan fingerprint density at radius 1 is 1.19 bits per heavy atom. The molecule has 1 aliphatic heterocycles. The summed E-state index contributed by atoms with van der Waals surface area (Å²) in [6.45, 7) is 2.81. The molecule has 1 atom stereocenters. The fourth-order valence-corrected chi connectivity index (χ4v) is 3.31. The molecule has 1 amide bonds. The summed E-state index contributed by atoms with van der Waals surface area (Å²) in [7, 11) is 0. The second kappa shape index (κ2) is 6.99. The minimum Gasteiger partial charge on any atom is -0.373 e. The van der Waals surface area contributed by atoms with Gasteiger partial charge < -0.3 is 14.6 Å². The highest BCUT2D eigenvalue weighted by Gasteiger charge is 2.57. The SMILES string of the molecule is Cc1ccc(-n2ccnc2C2CCN(C(=O)C(C)(O)C(F)(F)F)CC2)cc1. The van der Waals surface area contributed by atoms with Gasteiger partial charge in [0.25, 0.3) is 5.91 Å². The molecule has 0 aliphatic carbocycles. The van der Waals surface area contributed by atoms with Crippen LogP contribution >= 0.6 is 0 Å². The molecule has 0 radical (unpaired) electrons. The Bertz CT molecular complexity index is 804. The number of hydrogen-bond acceptors (Lipinski definition) is 3. The molecule has 3 rings (SSSR count). The van der Waals surface area contributed by atoms with Crippen LogP contribution in [0.4, 0.5) is 13.2 Å². The van der Waals surface area contributed by atoms with Crippen LogP contribution in [0.25, 0.3) is 5.69 Å². The minimum absolute atomic E-state index is 0.0289. The lowest BCUT2D eigenvalue weighted by Gasteiger charge is -2.36. The third kappa shape index (κ3) is 3.71. The van der Waals surface area contributed by atoms with E-state index in [1.54, 1.807) is 6.20 Å². The monoisotopic (exact) mass is 381 g/mol. The summed E-state index contributed by atoms with van der Waals surface area (Å²) in [4.78, 5) is 17.6. The predicted octanol–water partition coefficient (Wildman–Crippen LogP) is 3.20. The number of alkyl halides is 3. The van der Waals surface area contributed by atoms with Gasteiger partial charge in [0.05, 0.1) is 0 Å². The normalized spacial score (nSPS) is 18.4. The minimum atomic E-state index is -5.00. The number of halogens is 3. The van der Waals surface area contributed by atoms with Crippen LogP contribution in [0.5, 0.6) is 0 Å². The van der Waals surface area contributed by atoms with Crippen LogP contribution in [0, 0.1) is 6.92 Å². The van der Waals surface area contributed by atoms with Crippen molar-refractivity contribution in [1.29, 1.82) is 0 Å². The molecule has 1 aromatic heterocycles. The number of carbonyl (C=O) groups excluding carboxylic acids is 1. The number of carbonyl (C=O) groups is 1. The molecule has 0 saturated carbocycles. The second-order valence-corrected chi connectivity index (χ2v) is 7.13. The van der Waals surface area contributed by atoms with Crippen molar-refractivity contribution in [3.05, 3.63) is 48.0 Å². The van der Waals surface area contributed by atoms with E-state index in [0.717, 1.165) is 22.0 Å². The highest BCUT2D eigenvalue weighted by Crippen LogP contribution is 2.34. The number of likely N-dealkylation sites (tertiary alicyclic amines) is 1. The van der Waals surface area contributed by atoms with Crippen LogP contribution < -0.4 is 0 Å². The van der Waals surface area contributed by atoms with Gasteiger partial charge >= 0.3 is 6.18 Å². The van der Waals surface area contributed by atoms with Crippen molar-refractivity contribution in [2.75, 3.05) is 13.1 Å². The van der Waals surface area contributed by atoms with Crippen LogP contribution in [-0.2, 0) is 4.79 Å². The number of aromatic nitrogens is 2. The number of nitrogens with zero attached hydrogens (tertiary/aromatic N) is 3. The first kappa shape index (κ1) is 19.4. The Labute approximate surface area is 155 Å². The Kier molecular flexibility index (Phi) is 5.03. The molecule has 5 nitrogen and oxygen atoms in total. The highest BCUT2D eigenvalue weighted by molar-refractivity contribution is 5.85. The van der Waals surface area contributed by atoms with Crippen molar-refractivity contribution in [2.24, 2.45) is 0 Å². The smallest absolute Gasteiger partial charge is 0.373 e. The van der Waals surface area contributed by atoms with Crippen molar-refractivity contribution in [3.8, 4) is 5.69 Å². The van der Waals surface area contributed by atoms with E-state index in [2.05, 4.69) is 4.98 Å². The molecule has 1 N–H and O–H groups in total. The van der Waals surface area contributed by atoms with Crippen molar-refractivity contribution in [3.63, 3.8) is 0 Å². The molecule has 146 valence electrons. The van der Waals surface area contributed by atoms with Crippen molar-refractivity contribution in [1.82, 2.24) is 14.5 Å². The van der Waals surface area contributed by atoms with Gasteiger partial charge in [0.15, 0.2) is 0 Å². The summed E-state index contributed by atoms with van der Waals surface area (Å²) in [6.07, 6.45) is -0.471. The molecule has 1 saturated heterocycles. The van der Waals surface area contributed by atoms with Crippen molar-refractivity contribution >= 4 is 5.91 Å². The zero-order chi connectivity index (χ0) is 19.8. The van der Waals surface area contributed by atoms with Gasteiger partial charge in [-0.15, -0.1) is 0 Å². The molecular weight excluding hydrogens is 359 g/mol. The van der Waals surface area contributed by atoms with Crippen molar-refractivity contribution in [2.45, 2.75) is 44.4 Å². The predicted molar refractivity (Wildman–Crippen MR) is 93.5 cm³/mol. The van der Waals surface area contributed by atoms with E-state index in [4.69, 9.17) is 0 Å². The number of benzene rings is 1. The molecule has 2 aromatic rings.